The van der Waals surface area contributed by atoms with E-state index in [1.54, 1.807) is 0 Å². The van der Waals surface area contributed by atoms with Crippen LogP contribution in [0.4, 0.5) is 0 Å². The molecular weight excluding hydrogens is 212 g/mol. The van der Waals surface area contributed by atoms with Gasteiger partial charge < -0.3 is 4.90 Å². The number of nitrogens with zero attached hydrogens (tertiary/aromatic N) is 1. The molecular formula is C14H24N2O. The Bertz CT molecular complexity index is 303. The van der Waals surface area contributed by atoms with E-state index < -0.39 is 0 Å². The highest BCUT2D eigenvalue weighted by atomic mass is 16.2. The first kappa shape index (κ1) is 11.5. The Labute approximate surface area is 104 Å². The highest BCUT2D eigenvalue weighted by Crippen LogP contribution is 2.40. The Morgan fingerprint density at radius 3 is 2.41 bits per heavy atom. The zero-order valence-electron chi connectivity index (χ0n) is 10.9. The van der Waals surface area contributed by atoms with E-state index in [1.807, 2.05) is 11.9 Å². The lowest BCUT2D eigenvalue weighted by molar-refractivity contribution is -0.131. The summed E-state index contributed by atoms with van der Waals surface area (Å²) in [5.41, 5.74) is 0.0270. The molecule has 0 radical (unpaired) electrons. The van der Waals surface area contributed by atoms with E-state index in [-0.39, 0.29) is 11.7 Å². The summed E-state index contributed by atoms with van der Waals surface area (Å²) in [4.78, 5) is 14.5. The molecule has 96 valence electrons. The molecule has 0 aromatic rings. The second-order valence-corrected chi connectivity index (χ2v) is 6.16. The monoisotopic (exact) mass is 236 g/mol. The lowest BCUT2D eigenvalue weighted by atomic mass is 9.84. The molecule has 3 aliphatic rings. The van der Waals surface area contributed by atoms with Crippen LogP contribution in [0, 0.1) is 5.92 Å². The standard InChI is InChI=1S/C14H24N2O/c1-16-13(17)12(11-7-3-2-4-8-11)15-14(16)9-5-6-10-14/h11-12,15H,2-10H2,1H3/t12-/m0/s1. The van der Waals surface area contributed by atoms with Crippen molar-refractivity contribution in [1.29, 1.82) is 0 Å². The first-order valence-corrected chi connectivity index (χ1v) is 7.28. The molecule has 3 nitrogen and oxygen atoms in total. The number of likely N-dealkylation sites (N-methyl/N-ethyl adjacent to an activating group) is 1. The summed E-state index contributed by atoms with van der Waals surface area (Å²) in [6.45, 7) is 0. The summed E-state index contributed by atoms with van der Waals surface area (Å²) in [5, 5.41) is 3.71. The quantitative estimate of drug-likeness (QED) is 0.757. The van der Waals surface area contributed by atoms with Crippen molar-refractivity contribution in [2.24, 2.45) is 5.92 Å². The van der Waals surface area contributed by atoms with Gasteiger partial charge in [0.1, 0.15) is 0 Å². The van der Waals surface area contributed by atoms with E-state index in [0.717, 1.165) is 12.8 Å². The molecule has 17 heavy (non-hydrogen) atoms. The lowest BCUT2D eigenvalue weighted by Gasteiger charge is -2.32. The number of carbonyl (C=O) groups excluding carboxylic acids is 1. The molecule has 0 unspecified atom stereocenters. The van der Waals surface area contributed by atoms with Gasteiger partial charge in [-0.05, 0) is 44.4 Å². The van der Waals surface area contributed by atoms with Crippen LogP contribution in [0.2, 0.25) is 0 Å². The average Bonchev–Trinajstić information content (AvgIpc) is 2.93. The van der Waals surface area contributed by atoms with Gasteiger partial charge in [-0.2, -0.15) is 0 Å². The predicted octanol–water partition coefficient (Wildman–Crippen LogP) is 2.27. The molecule has 1 saturated heterocycles. The Hall–Kier alpha value is -0.570. The molecule has 2 aliphatic carbocycles. The zero-order chi connectivity index (χ0) is 11.9. The number of hydrogen-bond donors (Lipinski definition) is 1. The van der Waals surface area contributed by atoms with Crippen LogP contribution in [0.5, 0.6) is 0 Å². The normalized spacial score (nSPS) is 33.8. The first-order chi connectivity index (χ1) is 8.23. The first-order valence-electron chi connectivity index (χ1n) is 7.28. The molecule has 3 fully saturated rings. The third-order valence-corrected chi connectivity index (χ3v) is 5.21. The fourth-order valence-electron chi connectivity index (χ4n) is 4.09. The molecule has 0 aromatic heterocycles. The molecule has 1 spiro atoms. The van der Waals surface area contributed by atoms with Crippen molar-refractivity contribution in [3.8, 4) is 0 Å². The summed E-state index contributed by atoms with van der Waals surface area (Å²) >= 11 is 0. The molecule has 3 rings (SSSR count). The van der Waals surface area contributed by atoms with Crippen LogP contribution >= 0.6 is 0 Å². The van der Waals surface area contributed by atoms with Gasteiger partial charge in [-0.25, -0.2) is 0 Å². The lowest BCUT2D eigenvalue weighted by Crippen LogP contribution is -2.49. The minimum absolute atomic E-state index is 0.0270. The van der Waals surface area contributed by atoms with Crippen molar-refractivity contribution in [3.05, 3.63) is 0 Å². The molecule has 1 aliphatic heterocycles. The third kappa shape index (κ3) is 1.79. The van der Waals surface area contributed by atoms with Gasteiger partial charge in [0.05, 0.1) is 11.7 Å². The molecule has 2 saturated carbocycles. The molecule has 1 atom stereocenters. The van der Waals surface area contributed by atoms with Crippen molar-refractivity contribution in [1.82, 2.24) is 10.2 Å². The van der Waals surface area contributed by atoms with Crippen LogP contribution in [0.1, 0.15) is 57.8 Å². The van der Waals surface area contributed by atoms with Gasteiger partial charge in [0, 0.05) is 7.05 Å². The van der Waals surface area contributed by atoms with Gasteiger partial charge in [0.25, 0.3) is 0 Å². The van der Waals surface area contributed by atoms with Crippen molar-refractivity contribution in [2.75, 3.05) is 7.05 Å². The summed E-state index contributed by atoms with van der Waals surface area (Å²) in [5.74, 6) is 0.956. The molecule has 1 N–H and O–H groups in total. The van der Waals surface area contributed by atoms with Crippen LogP contribution in [0.15, 0.2) is 0 Å². The Morgan fingerprint density at radius 2 is 1.76 bits per heavy atom. The largest absolute Gasteiger partial charge is 0.326 e. The second kappa shape index (κ2) is 4.27. The molecule has 1 heterocycles. The van der Waals surface area contributed by atoms with Gasteiger partial charge in [-0.3, -0.25) is 10.1 Å². The molecule has 0 bridgehead atoms. The number of hydrogen-bond acceptors (Lipinski definition) is 2. The Kier molecular flexibility index (Phi) is 2.89. The van der Waals surface area contributed by atoms with E-state index in [4.69, 9.17) is 0 Å². The minimum atomic E-state index is 0.0270. The van der Waals surface area contributed by atoms with Crippen LogP contribution in [-0.4, -0.2) is 29.6 Å². The topological polar surface area (TPSA) is 32.3 Å². The number of nitrogens with one attached hydrogen (secondary N) is 1. The van der Waals surface area contributed by atoms with E-state index in [1.165, 1.54) is 44.9 Å². The summed E-state index contributed by atoms with van der Waals surface area (Å²) in [6.07, 6.45) is 11.3. The molecule has 3 heteroatoms. The maximum atomic E-state index is 12.4. The number of carbonyl (C=O) groups is 1. The van der Waals surface area contributed by atoms with E-state index in [0.29, 0.717) is 11.8 Å². The maximum absolute atomic E-state index is 12.4. The van der Waals surface area contributed by atoms with Crippen molar-refractivity contribution in [2.45, 2.75) is 69.5 Å². The summed E-state index contributed by atoms with van der Waals surface area (Å²) in [6, 6.07) is 0.124. The number of amides is 1. The van der Waals surface area contributed by atoms with Gasteiger partial charge >= 0.3 is 0 Å². The fraction of sp³-hybridized carbons (Fsp3) is 0.929. The smallest absolute Gasteiger partial charge is 0.241 e. The Morgan fingerprint density at radius 1 is 1.12 bits per heavy atom. The van der Waals surface area contributed by atoms with Crippen molar-refractivity contribution in [3.63, 3.8) is 0 Å². The maximum Gasteiger partial charge on any atom is 0.241 e. The molecule has 1 amide bonds. The van der Waals surface area contributed by atoms with Crippen LogP contribution in [0.25, 0.3) is 0 Å². The summed E-state index contributed by atoms with van der Waals surface area (Å²) in [7, 11) is 2.00. The van der Waals surface area contributed by atoms with Gasteiger partial charge in [-0.1, -0.05) is 19.3 Å². The highest BCUT2D eigenvalue weighted by molar-refractivity contribution is 5.85. The Balaban J connectivity index is 1.76. The zero-order valence-corrected chi connectivity index (χ0v) is 10.9. The fourth-order valence-corrected chi connectivity index (χ4v) is 4.09. The average molecular weight is 236 g/mol. The van der Waals surface area contributed by atoms with E-state index >= 15 is 0 Å². The van der Waals surface area contributed by atoms with Gasteiger partial charge in [-0.15, -0.1) is 0 Å². The van der Waals surface area contributed by atoms with Gasteiger partial charge in [0.2, 0.25) is 5.91 Å². The van der Waals surface area contributed by atoms with Crippen molar-refractivity contribution < 1.29 is 4.79 Å². The van der Waals surface area contributed by atoms with Crippen LogP contribution in [0.3, 0.4) is 0 Å². The third-order valence-electron chi connectivity index (χ3n) is 5.21. The SMILES string of the molecule is CN1C(=O)[C@H](C2CCCCC2)NC12CCCC2. The number of rotatable bonds is 1. The highest BCUT2D eigenvalue weighted by Gasteiger charge is 2.51. The van der Waals surface area contributed by atoms with E-state index in [9.17, 15) is 4.79 Å². The minimum Gasteiger partial charge on any atom is -0.326 e. The predicted molar refractivity (Wildman–Crippen MR) is 67.5 cm³/mol. The van der Waals surface area contributed by atoms with Gasteiger partial charge in [0.15, 0.2) is 0 Å². The summed E-state index contributed by atoms with van der Waals surface area (Å²) < 4.78 is 0. The molecule has 0 aromatic carbocycles. The van der Waals surface area contributed by atoms with E-state index in [2.05, 4.69) is 5.32 Å². The van der Waals surface area contributed by atoms with Crippen LogP contribution < -0.4 is 5.32 Å². The second-order valence-electron chi connectivity index (χ2n) is 6.16. The van der Waals surface area contributed by atoms with Crippen LogP contribution in [-0.2, 0) is 4.79 Å². The van der Waals surface area contributed by atoms with Crippen molar-refractivity contribution >= 4 is 5.91 Å².